The van der Waals surface area contributed by atoms with Gasteiger partial charge < -0.3 is 0 Å². The highest BCUT2D eigenvalue weighted by atomic mass is 35.5. The van der Waals surface area contributed by atoms with Crippen LogP contribution in [-0.2, 0) is 6.42 Å². The molecule has 0 unspecified atom stereocenters. The van der Waals surface area contributed by atoms with Crippen LogP contribution in [0.5, 0.6) is 0 Å². The zero-order valence-corrected chi connectivity index (χ0v) is 13.7. The monoisotopic (exact) mass is 366 g/mol. The predicted octanol–water partition coefficient (Wildman–Crippen LogP) is 6.38. The highest BCUT2D eigenvalue weighted by molar-refractivity contribution is 6.51. The van der Waals surface area contributed by atoms with Gasteiger partial charge in [-0.15, -0.1) is 0 Å². The maximum atomic E-state index is 12.3. The van der Waals surface area contributed by atoms with E-state index in [0.29, 0.717) is 5.02 Å². The highest BCUT2D eigenvalue weighted by Crippen LogP contribution is 2.38. The van der Waals surface area contributed by atoms with Crippen LogP contribution in [0.4, 0.5) is 0 Å². The third-order valence-electron chi connectivity index (χ3n) is 2.65. The molecule has 2 rings (SSSR count). The minimum atomic E-state index is -0.249. The molecular formula is C14H7Cl5O. The SMILES string of the molecule is O=C(Cc1cccc(Cl)c1)c1c(Cl)cc(Cl)c(Cl)c1Cl. The van der Waals surface area contributed by atoms with Gasteiger partial charge in [0.2, 0.25) is 0 Å². The maximum Gasteiger partial charge on any atom is 0.170 e. The van der Waals surface area contributed by atoms with Crippen molar-refractivity contribution in [3.8, 4) is 0 Å². The van der Waals surface area contributed by atoms with Gasteiger partial charge in [-0.2, -0.15) is 0 Å². The van der Waals surface area contributed by atoms with Crippen LogP contribution in [0.1, 0.15) is 15.9 Å². The van der Waals surface area contributed by atoms with Crippen molar-refractivity contribution >= 4 is 63.8 Å². The van der Waals surface area contributed by atoms with Crippen LogP contribution >= 0.6 is 58.0 Å². The summed E-state index contributed by atoms with van der Waals surface area (Å²) in [7, 11) is 0. The summed E-state index contributed by atoms with van der Waals surface area (Å²) in [5.74, 6) is -0.249. The molecule has 6 heteroatoms. The Bertz CT molecular complexity index is 682. The van der Waals surface area contributed by atoms with Crippen molar-refractivity contribution in [3.63, 3.8) is 0 Å². The number of halogens is 5. The fourth-order valence-corrected chi connectivity index (χ4v) is 3.08. The molecule has 2 aromatic carbocycles. The molecule has 0 saturated heterocycles. The third-order valence-corrected chi connectivity index (χ3v) is 4.44. The summed E-state index contributed by atoms with van der Waals surface area (Å²) in [6, 6.07) is 8.40. The molecule has 104 valence electrons. The van der Waals surface area contributed by atoms with E-state index >= 15 is 0 Å². The molecule has 0 spiro atoms. The molecule has 0 heterocycles. The number of carbonyl (C=O) groups is 1. The lowest BCUT2D eigenvalue weighted by Crippen LogP contribution is -2.06. The Labute approximate surface area is 141 Å². The molecule has 0 saturated carbocycles. The lowest BCUT2D eigenvalue weighted by Gasteiger charge is -2.09. The first kappa shape index (κ1) is 15.9. The minimum absolute atomic E-state index is 0.0659. The number of hydrogen-bond acceptors (Lipinski definition) is 1. The van der Waals surface area contributed by atoms with Crippen molar-refractivity contribution in [2.75, 3.05) is 0 Å². The van der Waals surface area contributed by atoms with E-state index in [1.165, 1.54) is 6.07 Å². The Kier molecular flexibility index (Phi) is 5.22. The first-order valence-electron chi connectivity index (χ1n) is 5.50. The number of benzene rings is 2. The first-order chi connectivity index (χ1) is 9.40. The molecule has 0 amide bonds. The van der Waals surface area contributed by atoms with Gasteiger partial charge in [0.15, 0.2) is 5.78 Å². The molecule has 0 aromatic heterocycles. The maximum absolute atomic E-state index is 12.3. The van der Waals surface area contributed by atoms with Crippen LogP contribution in [-0.4, -0.2) is 5.78 Å². The molecule has 0 aliphatic heterocycles. The van der Waals surface area contributed by atoms with E-state index in [1.54, 1.807) is 24.3 Å². The van der Waals surface area contributed by atoms with Crippen LogP contribution < -0.4 is 0 Å². The van der Waals surface area contributed by atoms with Crippen LogP contribution in [0.15, 0.2) is 30.3 Å². The Morgan fingerprint density at radius 1 is 0.900 bits per heavy atom. The summed E-state index contributed by atoms with van der Waals surface area (Å²) in [5.41, 5.74) is 0.934. The van der Waals surface area contributed by atoms with Crippen molar-refractivity contribution in [3.05, 3.63) is 66.6 Å². The lowest BCUT2D eigenvalue weighted by molar-refractivity contribution is 0.0993. The van der Waals surface area contributed by atoms with Crippen LogP contribution in [0.2, 0.25) is 25.1 Å². The van der Waals surface area contributed by atoms with Crippen LogP contribution in [0.3, 0.4) is 0 Å². The van der Waals surface area contributed by atoms with E-state index in [0.717, 1.165) is 5.56 Å². The molecule has 0 N–H and O–H groups in total. The number of Topliss-reactive ketones (excluding diaryl/α,β-unsaturated/α-hetero) is 1. The molecule has 0 bridgehead atoms. The van der Waals surface area contributed by atoms with Crippen molar-refractivity contribution in [2.45, 2.75) is 6.42 Å². The molecule has 2 aromatic rings. The second kappa shape index (κ2) is 6.55. The van der Waals surface area contributed by atoms with Gasteiger partial charge in [0.05, 0.1) is 25.7 Å². The van der Waals surface area contributed by atoms with E-state index < -0.39 is 0 Å². The lowest BCUT2D eigenvalue weighted by atomic mass is 10.0. The average Bonchev–Trinajstić information content (AvgIpc) is 2.36. The van der Waals surface area contributed by atoms with Crippen molar-refractivity contribution < 1.29 is 4.79 Å². The Morgan fingerprint density at radius 3 is 2.25 bits per heavy atom. The highest BCUT2D eigenvalue weighted by Gasteiger charge is 2.20. The van der Waals surface area contributed by atoms with Crippen molar-refractivity contribution in [2.24, 2.45) is 0 Å². The number of ketones is 1. The Hall–Kier alpha value is -0.440. The summed E-state index contributed by atoms with van der Waals surface area (Å²) < 4.78 is 0. The van der Waals surface area contributed by atoms with Gasteiger partial charge in [0.25, 0.3) is 0 Å². The number of rotatable bonds is 3. The summed E-state index contributed by atoms with van der Waals surface area (Å²) >= 11 is 29.7. The molecule has 20 heavy (non-hydrogen) atoms. The standard InChI is InChI=1S/C14H7Cl5O/c15-8-3-1-2-7(4-8)5-11(20)12-9(16)6-10(17)13(18)14(12)19/h1-4,6H,5H2. The van der Waals surface area contributed by atoms with Gasteiger partial charge in [0, 0.05) is 11.4 Å². The topological polar surface area (TPSA) is 17.1 Å². The predicted molar refractivity (Wildman–Crippen MR) is 86.0 cm³/mol. The van der Waals surface area contributed by atoms with E-state index in [2.05, 4.69) is 0 Å². The Balaban J connectivity index is 2.37. The first-order valence-corrected chi connectivity index (χ1v) is 7.39. The molecule has 0 fully saturated rings. The summed E-state index contributed by atoms with van der Waals surface area (Å²) in [4.78, 5) is 12.3. The fourth-order valence-electron chi connectivity index (χ4n) is 1.74. The molecule has 0 aliphatic carbocycles. The number of carbonyl (C=O) groups excluding carboxylic acids is 1. The second-order valence-corrected chi connectivity index (χ2v) is 6.08. The van der Waals surface area contributed by atoms with Gasteiger partial charge >= 0.3 is 0 Å². The quantitative estimate of drug-likeness (QED) is 0.349. The Morgan fingerprint density at radius 2 is 1.60 bits per heavy atom. The summed E-state index contributed by atoms with van der Waals surface area (Å²) in [6.45, 7) is 0. The minimum Gasteiger partial charge on any atom is -0.294 e. The van der Waals surface area contributed by atoms with Gasteiger partial charge in [-0.25, -0.2) is 0 Å². The third kappa shape index (κ3) is 3.41. The van der Waals surface area contributed by atoms with E-state index in [1.807, 2.05) is 0 Å². The van der Waals surface area contributed by atoms with Crippen molar-refractivity contribution in [1.29, 1.82) is 0 Å². The molecule has 0 atom stereocenters. The van der Waals surface area contributed by atoms with E-state index in [9.17, 15) is 4.79 Å². The van der Waals surface area contributed by atoms with Crippen LogP contribution in [0.25, 0.3) is 0 Å². The molecular weight excluding hydrogens is 361 g/mol. The smallest absolute Gasteiger partial charge is 0.170 e. The second-order valence-electron chi connectivity index (χ2n) is 4.07. The van der Waals surface area contributed by atoms with Crippen LogP contribution in [0, 0.1) is 0 Å². The van der Waals surface area contributed by atoms with E-state index in [4.69, 9.17) is 58.0 Å². The van der Waals surface area contributed by atoms with E-state index in [-0.39, 0.29) is 37.9 Å². The molecule has 1 nitrogen and oxygen atoms in total. The largest absolute Gasteiger partial charge is 0.294 e. The zero-order valence-electron chi connectivity index (χ0n) is 9.89. The zero-order chi connectivity index (χ0) is 14.9. The molecule has 0 radical (unpaired) electrons. The normalized spacial score (nSPS) is 10.7. The van der Waals surface area contributed by atoms with Gasteiger partial charge in [-0.3, -0.25) is 4.79 Å². The number of hydrogen-bond donors (Lipinski definition) is 0. The summed E-state index contributed by atoms with van der Waals surface area (Å²) in [6.07, 6.45) is 0.123. The fraction of sp³-hybridized carbons (Fsp3) is 0.0714. The average molecular weight is 368 g/mol. The van der Waals surface area contributed by atoms with Gasteiger partial charge in [-0.1, -0.05) is 70.1 Å². The van der Waals surface area contributed by atoms with Gasteiger partial charge in [-0.05, 0) is 23.8 Å². The summed E-state index contributed by atoms with van der Waals surface area (Å²) in [5, 5.41) is 1.13. The van der Waals surface area contributed by atoms with Crippen molar-refractivity contribution in [1.82, 2.24) is 0 Å². The molecule has 0 aliphatic rings. The van der Waals surface area contributed by atoms with Gasteiger partial charge in [0.1, 0.15) is 0 Å².